The minimum atomic E-state index is -0.745. The van der Waals surface area contributed by atoms with Crippen LogP contribution in [0.2, 0.25) is 0 Å². The number of carbonyl (C=O) groups excluding carboxylic acids is 1. The molecule has 0 aliphatic rings. The van der Waals surface area contributed by atoms with Crippen LogP contribution in [0.3, 0.4) is 0 Å². The number of hydrogen-bond acceptors (Lipinski definition) is 5. The number of ether oxygens (including phenoxy) is 4. The number of rotatable bonds is 10. The van der Waals surface area contributed by atoms with Gasteiger partial charge in [-0.2, -0.15) is 0 Å². The molecule has 0 fully saturated rings. The maximum Gasteiger partial charge on any atom is 0.330 e. The zero-order valence-electron chi connectivity index (χ0n) is 10.4. The molecule has 0 saturated heterocycles. The molecule has 0 heterocycles. The van der Waals surface area contributed by atoms with Crippen molar-refractivity contribution < 1.29 is 23.7 Å². The molecule has 17 heavy (non-hydrogen) atoms. The first-order valence-electron chi connectivity index (χ1n) is 5.31. The van der Waals surface area contributed by atoms with E-state index in [0.29, 0.717) is 13.2 Å². The van der Waals surface area contributed by atoms with Gasteiger partial charge in [0.2, 0.25) is 0 Å². The zero-order valence-corrected chi connectivity index (χ0v) is 10.4. The molecule has 0 aliphatic carbocycles. The Balaban J connectivity index is 3.59. The molecule has 0 unspecified atom stereocenters. The highest BCUT2D eigenvalue weighted by atomic mass is 16.7. The molecule has 0 aromatic carbocycles. The van der Waals surface area contributed by atoms with Crippen molar-refractivity contribution in [1.29, 1.82) is 0 Å². The maximum atomic E-state index is 10.7. The summed E-state index contributed by atoms with van der Waals surface area (Å²) >= 11 is 0. The van der Waals surface area contributed by atoms with Crippen LogP contribution in [0.1, 0.15) is 13.8 Å². The topological polar surface area (TPSA) is 54.0 Å². The summed E-state index contributed by atoms with van der Waals surface area (Å²) in [4.78, 5) is 10.7. The molecule has 0 spiro atoms. The fourth-order valence-electron chi connectivity index (χ4n) is 0.949. The summed E-state index contributed by atoms with van der Waals surface area (Å²) in [5.74, 6) is -1.21. The maximum absolute atomic E-state index is 10.7. The van der Waals surface area contributed by atoms with Gasteiger partial charge in [-0.05, 0) is 13.8 Å². The third-order valence-corrected chi connectivity index (χ3v) is 1.71. The van der Waals surface area contributed by atoms with Crippen LogP contribution in [-0.2, 0) is 23.7 Å². The van der Waals surface area contributed by atoms with Gasteiger partial charge < -0.3 is 18.9 Å². The zero-order chi connectivity index (χ0) is 13.1. The van der Waals surface area contributed by atoms with E-state index in [9.17, 15) is 4.79 Å². The van der Waals surface area contributed by atoms with Gasteiger partial charge in [0.15, 0.2) is 5.79 Å². The smallest absolute Gasteiger partial charge is 0.330 e. The third kappa shape index (κ3) is 9.59. The van der Waals surface area contributed by atoms with E-state index in [1.165, 1.54) is 6.26 Å². The highest BCUT2D eigenvalue weighted by Crippen LogP contribution is 2.10. The van der Waals surface area contributed by atoms with Crippen LogP contribution < -0.4 is 0 Å². The van der Waals surface area contributed by atoms with Gasteiger partial charge in [-0.25, -0.2) is 4.79 Å². The molecule has 0 rings (SSSR count). The quantitative estimate of drug-likeness (QED) is 0.192. The van der Waals surface area contributed by atoms with Gasteiger partial charge in [-0.1, -0.05) is 13.2 Å². The van der Waals surface area contributed by atoms with Gasteiger partial charge in [0.05, 0.1) is 19.5 Å². The van der Waals surface area contributed by atoms with Crippen LogP contribution in [0.25, 0.3) is 0 Å². The van der Waals surface area contributed by atoms with Crippen molar-refractivity contribution in [1.82, 2.24) is 0 Å². The van der Waals surface area contributed by atoms with Crippen LogP contribution in [0.15, 0.2) is 25.5 Å². The summed E-state index contributed by atoms with van der Waals surface area (Å²) in [6.45, 7) is 11.5. The van der Waals surface area contributed by atoms with E-state index >= 15 is 0 Å². The minimum absolute atomic E-state index is 0.167. The Bertz CT molecular complexity index is 247. The molecule has 98 valence electrons. The van der Waals surface area contributed by atoms with Gasteiger partial charge in [0.1, 0.15) is 13.2 Å². The van der Waals surface area contributed by atoms with Gasteiger partial charge in [-0.15, -0.1) is 0 Å². The predicted molar refractivity (Wildman–Crippen MR) is 63.3 cm³/mol. The van der Waals surface area contributed by atoms with Crippen LogP contribution >= 0.6 is 0 Å². The van der Waals surface area contributed by atoms with Crippen molar-refractivity contribution in [3.8, 4) is 0 Å². The molecule has 0 bridgehead atoms. The Labute approximate surface area is 102 Å². The molecular formula is C12H20O5. The fraction of sp³-hybridized carbons (Fsp3) is 0.583. The molecule has 0 aliphatic heterocycles. The van der Waals surface area contributed by atoms with Crippen molar-refractivity contribution >= 4 is 5.97 Å². The summed E-state index contributed by atoms with van der Waals surface area (Å²) in [5.41, 5.74) is 0. The van der Waals surface area contributed by atoms with Gasteiger partial charge in [-0.3, -0.25) is 0 Å². The molecule has 0 aromatic heterocycles. The number of carbonyl (C=O) groups is 1. The predicted octanol–water partition coefficient (Wildman–Crippen LogP) is 1.65. The van der Waals surface area contributed by atoms with E-state index in [0.717, 1.165) is 6.08 Å². The van der Waals surface area contributed by atoms with E-state index in [1.54, 1.807) is 13.8 Å². The second-order valence-corrected chi connectivity index (χ2v) is 3.51. The highest BCUT2D eigenvalue weighted by molar-refractivity contribution is 5.81. The van der Waals surface area contributed by atoms with E-state index in [-0.39, 0.29) is 13.2 Å². The SMILES string of the molecule is C=COCCOC(C)(C)OCCOC(=O)C=C. The molecule has 0 radical (unpaired) electrons. The Morgan fingerprint density at radius 1 is 1.12 bits per heavy atom. The lowest BCUT2D eigenvalue weighted by Crippen LogP contribution is -2.31. The molecule has 0 aromatic rings. The van der Waals surface area contributed by atoms with Gasteiger partial charge in [0.25, 0.3) is 0 Å². The Morgan fingerprint density at radius 3 is 2.24 bits per heavy atom. The van der Waals surface area contributed by atoms with Crippen LogP contribution in [0.5, 0.6) is 0 Å². The molecule has 5 heteroatoms. The monoisotopic (exact) mass is 244 g/mol. The Hall–Kier alpha value is -1.33. The summed E-state index contributed by atoms with van der Waals surface area (Å²) < 4.78 is 20.5. The summed E-state index contributed by atoms with van der Waals surface area (Å²) in [6, 6.07) is 0. The average molecular weight is 244 g/mol. The molecular weight excluding hydrogens is 224 g/mol. The van der Waals surface area contributed by atoms with Gasteiger partial charge >= 0.3 is 5.97 Å². The van der Waals surface area contributed by atoms with Crippen molar-refractivity contribution in [3.63, 3.8) is 0 Å². The Morgan fingerprint density at radius 2 is 1.71 bits per heavy atom. The van der Waals surface area contributed by atoms with E-state index < -0.39 is 11.8 Å². The second kappa shape index (κ2) is 8.78. The van der Waals surface area contributed by atoms with Crippen LogP contribution in [0.4, 0.5) is 0 Å². The summed E-state index contributed by atoms with van der Waals surface area (Å²) in [7, 11) is 0. The van der Waals surface area contributed by atoms with E-state index in [2.05, 4.69) is 13.2 Å². The van der Waals surface area contributed by atoms with Crippen LogP contribution in [-0.4, -0.2) is 38.2 Å². The lowest BCUT2D eigenvalue weighted by molar-refractivity contribution is -0.221. The minimum Gasteiger partial charge on any atom is -0.499 e. The number of hydrogen-bond donors (Lipinski definition) is 0. The van der Waals surface area contributed by atoms with E-state index in [4.69, 9.17) is 18.9 Å². The molecule has 5 nitrogen and oxygen atoms in total. The number of esters is 1. The lowest BCUT2D eigenvalue weighted by Gasteiger charge is -2.25. The van der Waals surface area contributed by atoms with Crippen molar-refractivity contribution in [2.45, 2.75) is 19.6 Å². The molecule has 0 atom stereocenters. The fourth-order valence-corrected chi connectivity index (χ4v) is 0.949. The molecule has 0 amide bonds. The van der Waals surface area contributed by atoms with E-state index in [1.807, 2.05) is 0 Å². The van der Waals surface area contributed by atoms with Crippen molar-refractivity contribution in [3.05, 3.63) is 25.5 Å². The summed E-state index contributed by atoms with van der Waals surface area (Å²) in [5, 5.41) is 0. The first-order valence-corrected chi connectivity index (χ1v) is 5.31. The second-order valence-electron chi connectivity index (χ2n) is 3.51. The normalized spacial score (nSPS) is 10.7. The largest absolute Gasteiger partial charge is 0.499 e. The first-order chi connectivity index (χ1) is 8.02. The highest BCUT2D eigenvalue weighted by Gasteiger charge is 2.18. The standard InChI is InChI=1S/C12H20O5/c1-5-11(13)15-8-10-17-12(3,4)16-9-7-14-6-2/h5-6H,1-2,7-10H2,3-4H3. The van der Waals surface area contributed by atoms with Gasteiger partial charge in [0, 0.05) is 6.08 Å². The summed E-state index contributed by atoms with van der Waals surface area (Å²) in [6.07, 6.45) is 2.46. The average Bonchev–Trinajstić information content (AvgIpc) is 2.30. The van der Waals surface area contributed by atoms with Crippen molar-refractivity contribution in [2.24, 2.45) is 0 Å². The van der Waals surface area contributed by atoms with Crippen LogP contribution in [0, 0.1) is 0 Å². The lowest BCUT2D eigenvalue weighted by atomic mass is 10.4. The third-order valence-electron chi connectivity index (χ3n) is 1.71. The Kier molecular flexibility index (Phi) is 8.09. The van der Waals surface area contributed by atoms with Crippen molar-refractivity contribution in [2.75, 3.05) is 26.4 Å². The molecule has 0 saturated carbocycles. The first kappa shape index (κ1) is 15.7. The molecule has 0 N–H and O–H groups in total.